The smallest absolute Gasteiger partial charge is 0.294 e. The van der Waals surface area contributed by atoms with E-state index in [2.05, 4.69) is 0 Å². The SMILES string of the molecule is CCCCC(CC)C(=O)c1ccc(Cl)c(C(F)(F)F)c1. The quantitative estimate of drug-likeness (QED) is 0.611. The lowest BCUT2D eigenvalue weighted by molar-refractivity contribution is -0.137. The van der Waals surface area contributed by atoms with Crippen LogP contribution in [0.2, 0.25) is 5.02 Å². The Morgan fingerprint density at radius 1 is 1.30 bits per heavy atom. The van der Waals surface area contributed by atoms with E-state index in [1.807, 2.05) is 13.8 Å². The average molecular weight is 307 g/mol. The van der Waals surface area contributed by atoms with Gasteiger partial charge in [0.2, 0.25) is 0 Å². The summed E-state index contributed by atoms with van der Waals surface area (Å²) >= 11 is 5.55. The third kappa shape index (κ3) is 4.23. The molecule has 20 heavy (non-hydrogen) atoms. The molecule has 0 saturated carbocycles. The predicted octanol–water partition coefficient (Wildman–Crippen LogP) is 5.76. The van der Waals surface area contributed by atoms with Crippen molar-refractivity contribution in [2.75, 3.05) is 0 Å². The third-order valence-corrected chi connectivity index (χ3v) is 3.66. The Balaban J connectivity index is 3.04. The molecule has 0 aliphatic rings. The molecule has 1 unspecified atom stereocenters. The van der Waals surface area contributed by atoms with E-state index >= 15 is 0 Å². The number of halogens is 4. The highest BCUT2D eigenvalue weighted by atomic mass is 35.5. The van der Waals surface area contributed by atoms with E-state index in [1.54, 1.807) is 0 Å². The van der Waals surface area contributed by atoms with Crippen LogP contribution >= 0.6 is 11.6 Å². The van der Waals surface area contributed by atoms with E-state index in [0.717, 1.165) is 25.0 Å². The number of ketones is 1. The molecule has 0 aromatic heterocycles. The Bertz CT molecular complexity index is 469. The van der Waals surface area contributed by atoms with Crippen molar-refractivity contribution in [1.82, 2.24) is 0 Å². The average Bonchev–Trinajstić information content (AvgIpc) is 2.38. The topological polar surface area (TPSA) is 17.1 Å². The molecule has 0 amide bonds. The lowest BCUT2D eigenvalue weighted by Crippen LogP contribution is -2.15. The van der Waals surface area contributed by atoms with Gasteiger partial charge in [0.15, 0.2) is 5.78 Å². The largest absolute Gasteiger partial charge is 0.417 e. The van der Waals surface area contributed by atoms with Gasteiger partial charge in [-0.2, -0.15) is 13.2 Å². The van der Waals surface area contributed by atoms with Gasteiger partial charge in [0.05, 0.1) is 10.6 Å². The zero-order valence-corrected chi connectivity index (χ0v) is 12.3. The van der Waals surface area contributed by atoms with Crippen molar-refractivity contribution in [2.24, 2.45) is 5.92 Å². The van der Waals surface area contributed by atoms with Crippen molar-refractivity contribution < 1.29 is 18.0 Å². The van der Waals surface area contributed by atoms with Crippen LogP contribution in [0.1, 0.15) is 55.5 Å². The Morgan fingerprint density at radius 3 is 2.45 bits per heavy atom. The van der Waals surface area contributed by atoms with E-state index in [-0.39, 0.29) is 22.3 Å². The maximum Gasteiger partial charge on any atom is 0.417 e. The number of Topliss-reactive ketones (excluding diaryl/α,β-unsaturated/α-hetero) is 1. The van der Waals surface area contributed by atoms with Gasteiger partial charge >= 0.3 is 6.18 Å². The first-order chi connectivity index (χ1) is 9.31. The summed E-state index contributed by atoms with van der Waals surface area (Å²) in [6.07, 6.45) is -1.36. The summed E-state index contributed by atoms with van der Waals surface area (Å²) < 4.78 is 38.3. The van der Waals surface area contributed by atoms with Crippen LogP contribution in [-0.4, -0.2) is 5.78 Å². The number of alkyl halides is 3. The minimum Gasteiger partial charge on any atom is -0.294 e. The van der Waals surface area contributed by atoms with Gasteiger partial charge in [0, 0.05) is 11.5 Å². The van der Waals surface area contributed by atoms with Gasteiger partial charge in [-0.15, -0.1) is 0 Å². The highest BCUT2D eigenvalue weighted by molar-refractivity contribution is 6.31. The zero-order valence-electron chi connectivity index (χ0n) is 11.6. The van der Waals surface area contributed by atoms with Gasteiger partial charge in [-0.05, 0) is 31.0 Å². The van der Waals surface area contributed by atoms with Gasteiger partial charge in [-0.1, -0.05) is 38.3 Å². The number of carbonyl (C=O) groups is 1. The number of carbonyl (C=O) groups excluding carboxylic acids is 1. The predicted molar refractivity (Wildman–Crippen MR) is 74.1 cm³/mol. The second-order valence-corrected chi connectivity index (χ2v) is 5.21. The summed E-state index contributed by atoms with van der Waals surface area (Å²) in [6, 6.07) is 3.37. The first kappa shape index (κ1) is 17.0. The van der Waals surface area contributed by atoms with Crippen LogP contribution in [0.25, 0.3) is 0 Å². The maximum absolute atomic E-state index is 12.8. The molecule has 0 radical (unpaired) electrons. The van der Waals surface area contributed by atoms with Gasteiger partial charge in [-0.25, -0.2) is 0 Å². The molecule has 1 aromatic carbocycles. The van der Waals surface area contributed by atoms with E-state index < -0.39 is 11.7 Å². The number of unbranched alkanes of at least 4 members (excludes halogenated alkanes) is 1. The third-order valence-electron chi connectivity index (χ3n) is 3.33. The number of hydrogen-bond donors (Lipinski definition) is 0. The molecule has 0 bridgehead atoms. The summed E-state index contributed by atoms with van der Waals surface area (Å²) in [5.74, 6) is -0.458. The minimum absolute atomic E-state index is 0.0877. The molecule has 0 aliphatic carbocycles. The molecule has 0 heterocycles. The van der Waals surface area contributed by atoms with Gasteiger partial charge in [0.25, 0.3) is 0 Å². The highest BCUT2D eigenvalue weighted by Crippen LogP contribution is 2.35. The van der Waals surface area contributed by atoms with Crippen molar-refractivity contribution in [1.29, 1.82) is 0 Å². The minimum atomic E-state index is -4.54. The second-order valence-electron chi connectivity index (χ2n) is 4.80. The van der Waals surface area contributed by atoms with Crippen LogP contribution in [0.15, 0.2) is 18.2 Å². The van der Waals surface area contributed by atoms with Crippen LogP contribution < -0.4 is 0 Å². The number of benzene rings is 1. The second kappa shape index (κ2) is 7.11. The molecule has 0 fully saturated rings. The van der Waals surface area contributed by atoms with E-state index in [9.17, 15) is 18.0 Å². The Hall–Kier alpha value is -1.03. The van der Waals surface area contributed by atoms with E-state index in [1.165, 1.54) is 6.07 Å². The lowest BCUT2D eigenvalue weighted by Gasteiger charge is -2.15. The fraction of sp³-hybridized carbons (Fsp3) is 0.533. The van der Waals surface area contributed by atoms with Gasteiger partial charge < -0.3 is 0 Å². The molecule has 112 valence electrons. The monoisotopic (exact) mass is 306 g/mol. The zero-order chi connectivity index (χ0) is 15.3. The van der Waals surface area contributed by atoms with Crippen LogP contribution in [0.4, 0.5) is 13.2 Å². The first-order valence-electron chi connectivity index (χ1n) is 6.72. The molecule has 0 saturated heterocycles. The normalized spacial score (nSPS) is 13.3. The fourth-order valence-corrected chi connectivity index (χ4v) is 2.33. The van der Waals surface area contributed by atoms with Gasteiger partial charge in [-0.3, -0.25) is 4.79 Å². The summed E-state index contributed by atoms with van der Waals surface area (Å²) in [7, 11) is 0. The van der Waals surface area contributed by atoms with E-state index in [4.69, 9.17) is 11.6 Å². The summed E-state index contributed by atoms with van der Waals surface area (Å²) in [4.78, 5) is 12.3. The van der Waals surface area contributed by atoms with Crippen molar-refractivity contribution in [3.63, 3.8) is 0 Å². The molecular weight excluding hydrogens is 289 g/mol. The Labute approximate surface area is 122 Å². The van der Waals surface area contributed by atoms with Crippen LogP contribution in [0.3, 0.4) is 0 Å². The van der Waals surface area contributed by atoms with Crippen LogP contribution in [-0.2, 0) is 6.18 Å². The maximum atomic E-state index is 12.8. The highest BCUT2D eigenvalue weighted by Gasteiger charge is 2.34. The van der Waals surface area contributed by atoms with Crippen molar-refractivity contribution >= 4 is 17.4 Å². The molecule has 1 aromatic rings. The molecule has 1 rings (SSSR count). The molecule has 0 N–H and O–H groups in total. The Kier molecular flexibility index (Phi) is 6.06. The summed E-state index contributed by atoms with van der Waals surface area (Å²) in [6.45, 7) is 3.89. The number of rotatable bonds is 6. The molecule has 1 atom stereocenters. The summed E-state index contributed by atoms with van der Waals surface area (Å²) in [5.41, 5.74) is -0.861. The Morgan fingerprint density at radius 2 is 1.95 bits per heavy atom. The molecule has 5 heteroatoms. The molecule has 0 aliphatic heterocycles. The van der Waals surface area contributed by atoms with Crippen molar-refractivity contribution in [2.45, 2.75) is 45.7 Å². The standard InChI is InChI=1S/C15H18ClF3O/c1-3-5-6-10(4-2)14(20)11-7-8-13(16)12(9-11)15(17,18)19/h7-10H,3-6H2,1-2H3. The van der Waals surface area contributed by atoms with Crippen LogP contribution in [0, 0.1) is 5.92 Å². The first-order valence-corrected chi connectivity index (χ1v) is 7.10. The van der Waals surface area contributed by atoms with E-state index in [0.29, 0.717) is 12.8 Å². The van der Waals surface area contributed by atoms with Gasteiger partial charge in [0.1, 0.15) is 0 Å². The fourth-order valence-electron chi connectivity index (χ4n) is 2.10. The molecular formula is C15H18ClF3O. The number of hydrogen-bond acceptors (Lipinski definition) is 1. The van der Waals surface area contributed by atoms with Crippen LogP contribution in [0.5, 0.6) is 0 Å². The summed E-state index contributed by atoms with van der Waals surface area (Å²) in [5, 5.41) is -0.379. The van der Waals surface area contributed by atoms with Crippen molar-refractivity contribution in [3.05, 3.63) is 34.3 Å². The van der Waals surface area contributed by atoms with Crippen molar-refractivity contribution in [3.8, 4) is 0 Å². The molecule has 1 nitrogen and oxygen atoms in total. The molecule has 0 spiro atoms. The lowest BCUT2D eigenvalue weighted by atomic mass is 9.90.